The molecule has 2 atom stereocenters. The molecule has 0 bridgehead atoms. The summed E-state index contributed by atoms with van der Waals surface area (Å²) in [5.74, 6) is 1.77. The maximum absolute atomic E-state index is 3.52. The number of likely N-dealkylation sites (tertiary alicyclic amines) is 1. The lowest BCUT2D eigenvalue weighted by molar-refractivity contribution is 0.306. The molecular formula is C17H23N3. The number of aryl methyl sites for hydroxylation is 1. The van der Waals surface area contributed by atoms with Crippen LogP contribution < -0.4 is 5.32 Å². The van der Waals surface area contributed by atoms with Crippen LogP contribution in [0.3, 0.4) is 0 Å². The smallest absolute Gasteiger partial charge is 0.0483 e. The third kappa shape index (κ3) is 1.97. The highest BCUT2D eigenvalue weighted by atomic mass is 15.2. The van der Waals surface area contributed by atoms with Crippen LogP contribution in [-0.2, 0) is 13.1 Å². The Balaban J connectivity index is 1.60. The molecule has 2 aliphatic rings. The number of benzene rings is 1. The molecule has 0 spiro atoms. The standard InChI is InChI=1S/C17H23N3/c1-2-20-12-15(16-5-3-4-6-17(16)20)11-19-9-13-7-18-8-14(13)10-19/h3-6,12-14,18H,2,7-11H2,1H3. The molecule has 2 unspecified atom stereocenters. The zero-order chi connectivity index (χ0) is 13.5. The maximum Gasteiger partial charge on any atom is 0.0483 e. The van der Waals surface area contributed by atoms with Crippen molar-refractivity contribution in [2.24, 2.45) is 11.8 Å². The zero-order valence-electron chi connectivity index (χ0n) is 12.2. The molecule has 0 saturated carbocycles. The van der Waals surface area contributed by atoms with Gasteiger partial charge in [-0.3, -0.25) is 4.90 Å². The van der Waals surface area contributed by atoms with E-state index < -0.39 is 0 Å². The first-order valence-electron chi connectivity index (χ1n) is 7.85. The van der Waals surface area contributed by atoms with Gasteiger partial charge in [0.1, 0.15) is 0 Å². The Labute approximate surface area is 120 Å². The van der Waals surface area contributed by atoms with Crippen LogP contribution >= 0.6 is 0 Å². The average molecular weight is 269 g/mol. The van der Waals surface area contributed by atoms with Crippen molar-refractivity contribution < 1.29 is 0 Å². The van der Waals surface area contributed by atoms with E-state index in [2.05, 4.69) is 52.2 Å². The van der Waals surface area contributed by atoms with E-state index in [1.807, 2.05) is 0 Å². The Morgan fingerprint density at radius 1 is 1.15 bits per heavy atom. The normalized spacial score (nSPS) is 26.4. The molecule has 3 nitrogen and oxygen atoms in total. The highest BCUT2D eigenvalue weighted by molar-refractivity contribution is 5.83. The molecule has 2 aromatic rings. The Kier molecular flexibility index (Phi) is 3.04. The lowest BCUT2D eigenvalue weighted by atomic mass is 10.0. The van der Waals surface area contributed by atoms with Gasteiger partial charge in [0.2, 0.25) is 0 Å². The minimum Gasteiger partial charge on any atom is -0.347 e. The summed E-state index contributed by atoms with van der Waals surface area (Å²) in [4.78, 5) is 2.65. The first-order valence-corrected chi connectivity index (χ1v) is 7.85. The number of aromatic nitrogens is 1. The number of para-hydroxylation sites is 1. The van der Waals surface area contributed by atoms with Gasteiger partial charge in [-0.05, 0) is 43.5 Å². The highest BCUT2D eigenvalue weighted by Crippen LogP contribution is 2.29. The second-order valence-corrected chi connectivity index (χ2v) is 6.33. The fourth-order valence-electron chi connectivity index (χ4n) is 4.03. The van der Waals surface area contributed by atoms with Gasteiger partial charge < -0.3 is 9.88 Å². The molecule has 3 heteroatoms. The van der Waals surface area contributed by atoms with E-state index >= 15 is 0 Å². The molecule has 3 heterocycles. The van der Waals surface area contributed by atoms with Gasteiger partial charge >= 0.3 is 0 Å². The Morgan fingerprint density at radius 3 is 2.65 bits per heavy atom. The van der Waals surface area contributed by atoms with E-state index in [0.29, 0.717) is 0 Å². The number of hydrogen-bond donors (Lipinski definition) is 1. The van der Waals surface area contributed by atoms with Crippen LogP contribution in [0.2, 0.25) is 0 Å². The predicted octanol–water partition coefficient (Wildman–Crippen LogP) is 2.31. The van der Waals surface area contributed by atoms with E-state index in [-0.39, 0.29) is 0 Å². The Morgan fingerprint density at radius 2 is 1.90 bits per heavy atom. The molecule has 20 heavy (non-hydrogen) atoms. The van der Waals surface area contributed by atoms with Crippen LogP contribution in [0.1, 0.15) is 12.5 Å². The molecule has 2 saturated heterocycles. The molecule has 1 N–H and O–H groups in total. The van der Waals surface area contributed by atoms with Crippen molar-refractivity contribution in [2.45, 2.75) is 20.0 Å². The monoisotopic (exact) mass is 269 g/mol. The summed E-state index contributed by atoms with van der Waals surface area (Å²) in [6, 6.07) is 8.82. The third-order valence-electron chi connectivity index (χ3n) is 5.07. The number of rotatable bonds is 3. The number of hydrogen-bond acceptors (Lipinski definition) is 2. The largest absolute Gasteiger partial charge is 0.347 e. The van der Waals surface area contributed by atoms with Crippen LogP contribution in [0.15, 0.2) is 30.5 Å². The van der Waals surface area contributed by atoms with Crippen molar-refractivity contribution in [2.75, 3.05) is 26.2 Å². The summed E-state index contributed by atoms with van der Waals surface area (Å²) in [7, 11) is 0. The maximum atomic E-state index is 3.52. The first-order chi connectivity index (χ1) is 9.85. The van der Waals surface area contributed by atoms with Gasteiger partial charge in [0.25, 0.3) is 0 Å². The molecule has 0 aliphatic carbocycles. The summed E-state index contributed by atoms with van der Waals surface area (Å²) in [6.45, 7) is 9.36. The third-order valence-corrected chi connectivity index (χ3v) is 5.07. The van der Waals surface area contributed by atoms with Crippen molar-refractivity contribution in [3.63, 3.8) is 0 Å². The molecule has 0 radical (unpaired) electrons. The topological polar surface area (TPSA) is 20.2 Å². The van der Waals surface area contributed by atoms with Crippen LogP contribution in [0, 0.1) is 11.8 Å². The van der Waals surface area contributed by atoms with Crippen molar-refractivity contribution in [1.82, 2.24) is 14.8 Å². The Bertz CT molecular complexity index is 604. The van der Waals surface area contributed by atoms with Crippen LogP contribution in [-0.4, -0.2) is 35.6 Å². The van der Waals surface area contributed by atoms with Gasteiger partial charge in [0, 0.05) is 43.3 Å². The quantitative estimate of drug-likeness (QED) is 0.923. The van der Waals surface area contributed by atoms with Gasteiger partial charge in [-0.1, -0.05) is 18.2 Å². The molecule has 2 fully saturated rings. The number of fused-ring (bicyclic) bond motifs is 2. The number of nitrogens with one attached hydrogen (secondary N) is 1. The minimum atomic E-state index is 0.884. The zero-order valence-corrected chi connectivity index (χ0v) is 12.2. The molecule has 1 aromatic carbocycles. The minimum absolute atomic E-state index is 0.884. The molecule has 106 valence electrons. The lowest BCUT2D eigenvalue weighted by Crippen LogP contribution is -2.25. The number of nitrogens with zero attached hydrogens (tertiary/aromatic N) is 2. The molecular weight excluding hydrogens is 246 g/mol. The fraction of sp³-hybridized carbons (Fsp3) is 0.529. The second kappa shape index (κ2) is 4.90. The first kappa shape index (κ1) is 12.4. The van der Waals surface area contributed by atoms with Crippen molar-refractivity contribution >= 4 is 10.9 Å². The van der Waals surface area contributed by atoms with E-state index in [1.165, 1.54) is 42.6 Å². The summed E-state index contributed by atoms with van der Waals surface area (Å²) in [6.07, 6.45) is 2.36. The van der Waals surface area contributed by atoms with Crippen LogP contribution in [0.4, 0.5) is 0 Å². The summed E-state index contributed by atoms with van der Waals surface area (Å²) in [5, 5.41) is 4.96. The second-order valence-electron chi connectivity index (χ2n) is 6.33. The van der Waals surface area contributed by atoms with E-state index in [4.69, 9.17) is 0 Å². The van der Waals surface area contributed by atoms with Gasteiger partial charge in [-0.15, -0.1) is 0 Å². The summed E-state index contributed by atoms with van der Waals surface area (Å²) in [5.41, 5.74) is 2.88. The lowest BCUT2D eigenvalue weighted by Gasteiger charge is -2.16. The molecule has 1 aromatic heterocycles. The predicted molar refractivity (Wildman–Crippen MR) is 82.7 cm³/mol. The van der Waals surface area contributed by atoms with Crippen LogP contribution in [0.5, 0.6) is 0 Å². The van der Waals surface area contributed by atoms with E-state index in [9.17, 15) is 0 Å². The van der Waals surface area contributed by atoms with E-state index in [0.717, 1.165) is 24.9 Å². The molecule has 2 aliphatic heterocycles. The van der Waals surface area contributed by atoms with Crippen molar-refractivity contribution in [3.05, 3.63) is 36.0 Å². The molecule has 0 amide bonds. The van der Waals surface area contributed by atoms with Crippen molar-refractivity contribution in [3.8, 4) is 0 Å². The average Bonchev–Trinajstić information content (AvgIpc) is 3.12. The van der Waals surface area contributed by atoms with E-state index in [1.54, 1.807) is 0 Å². The SMILES string of the molecule is CCn1cc(CN2CC3CNCC3C2)c2ccccc21. The Hall–Kier alpha value is -1.32. The van der Waals surface area contributed by atoms with Crippen LogP contribution in [0.25, 0.3) is 10.9 Å². The fourth-order valence-corrected chi connectivity index (χ4v) is 4.03. The van der Waals surface area contributed by atoms with Gasteiger partial charge in [0.15, 0.2) is 0 Å². The highest BCUT2D eigenvalue weighted by Gasteiger charge is 2.35. The molecule has 4 rings (SSSR count). The van der Waals surface area contributed by atoms with Gasteiger partial charge in [-0.25, -0.2) is 0 Å². The van der Waals surface area contributed by atoms with Gasteiger partial charge in [0.05, 0.1) is 0 Å². The van der Waals surface area contributed by atoms with Gasteiger partial charge in [-0.2, -0.15) is 0 Å². The van der Waals surface area contributed by atoms with Crippen molar-refractivity contribution in [1.29, 1.82) is 0 Å². The summed E-state index contributed by atoms with van der Waals surface area (Å²) < 4.78 is 2.38. The summed E-state index contributed by atoms with van der Waals surface area (Å²) >= 11 is 0.